The molecule has 1 aromatic rings. The van der Waals surface area contributed by atoms with Gasteiger partial charge in [-0.05, 0) is 6.42 Å². The zero-order chi connectivity index (χ0) is 11.8. The highest BCUT2D eigenvalue weighted by Gasteiger charge is 2.06. The van der Waals surface area contributed by atoms with Gasteiger partial charge in [-0.25, -0.2) is 4.98 Å². The maximum absolute atomic E-state index is 4.44. The van der Waals surface area contributed by atoms with Gasteiger partial charge in [0.05, 0.1) is 0 Å². The van der Waals surface area contributed by atoms with Crippen molar-refractivity contribution in [2.24, 2.45) is 0 Å². The molecule has 1 heterocycles. The van der Waals surface area contributed by atoms with Crippen molar-refractivity contribution in [3.05, 3.63) is 5.82 Å². The summed E-state index contributed by atoms with van der Waals surface area (Å²) in [5.41, 5.74) is 0. The van der Waals surface area contributed by atoms with Crippen LogP contribution in [0, 0.1) is 0 Å². The second-order valence-electron chi connectivity index (χ2n) is 4.42. The first-order valence-corrected chi connectivity index (χ1v) is 7.27. The highest BCUT2D eigenvalue weighted by Crippen LogP contribution is 2.17. The molecule has 16 heavy (non-hydrogen) atoms. The molecule has 92 valence electrons. The van der Waals surface area contributed by atoms with Crippen LogP contribution in [0.1, 0.15) is 64.6 Å². The number of unbranched alkanes of at least 4 members (excludes halogenated alkanes) is 4. The Balaban J connectivity index is 2.12. The summed E-state index contributed by atoms with van der Waals surface area (Å²) in [4.78, 5) is 4.44. The van der Waals surface area contributed by atoms with Crippen molar-refractivity contribution in [3.8, 4) is 0 Å². The summed E-state index contributed by atoms with van der Waals surface area (Å²) in [7, 11) is 0. The number of nitrogens with one attached hydrogen (secondary N) is 1. The van der Waals surface area contributed by atoms with Crippen LogP contribution in [-0.4, -0.2) is 20.9 Å². The van der Waals surface area contributed by atoms with Gasteiger partial charge in [-0.3, -0.25) is 5.10 Å². The fraction of sp³-hybridized carbons (Fsp3) is 0.833. The predicted molar refractivity (Wildman–Crippen MR) is 70.0 cm³/mol. The number of thioether (sulfide) groups is 1. The highest BCUT2D eigenvalue weighted by atomic mass is 32.2. The van der Waals surface area contributed by atoms with Crippen LogP contribution in [0.3, 0.4) is 0 Å². The average molecular weight is 241 g/mol. The van der Waals surface area contributed by atoms with Crippen molar-refractivity contribution in [2.45, 2.75) is 63.9 Å². The molecule has 0 aliphatic heterocycles. The Morgan fingerprint density at radius 2 is 1.94 bits per heavy atom. The number of rotatable bonds is 8. The second-order valence-corrected chi connectivity index (χ2v) is 5.48. The average Bonchev–Trinajstić information content (AvgIpc) is 2.72. The van der Waals surface area contributed by atoms with Crippen LogP contribution in [0.4, 0.5) is 0 Å². The lowest BCUT2D eigenvalue weighted by molar-refractivity contribution is 0.659. The van der Waals surface area contributed by atoms with E-state index in [1.165, 1.54) is 32.1 Å². The minimum absolute atomic E-state index is 0.436. The largest absolute Gasteiger partial charge is 0.262 e. The molecular formula is C12H23N3S. The van der Waals surface area contributed by atoms with Crippen LogP contribution in [0.2, 0.25) is 0 Å². The Labute approximate surface area is 103 Å². The summed E-state index contributed by atoms with van der Waals surface area (Å²) < 4.78 is 0. The molecule has 0 bridgehead atoms. The first-order valence-electron chi connectivity index (χ1n) is 6.29. The van der Waals surface area contributed by atoms with E-state index in [0.717, 1.165) is 16.7 Å². The number of hydrogen-bond acceptors (Lipinski definition) is 3. The third-order valence-corrected chi connectivity index (χ3v) is 3.44. The Morgan fingerprint density at radius 3 is 2.56 bits per heavy atom. The fourth-order valence-corrected chi connectivity index (χ4v) is 2.25. The quantitative estimate of drug-likeness (QED) is 0.552. The van der Waals surface area contributed by atoms with Gasteiger partial charge in [0, 0.05) is 11.7 Å². The van der Waals surface area contributed by atoms with E-state index in [0.29, 0.717) is 5.92 Å². The Morgan fingerprint density at radius 1 is 1.19 bits per heavy atom. The summed E-state index contributed by atoms with van der Waals surface area (Å²) in [5.74, 6) is 2.57. The van der Waals surface area contributed by atoms with Crippen LogP contribution in [-0.2, 0) is 0 Å². The van der Waals surface area contributed by atoms with Gasteiger partial charge >= 0.3 is 0 Å². The summed E-state index contributed by atoms with van der Waals surface area (Å²) >= 11 is 1.76. The van der Waals surface area contributed by atoms with E-state index in [1.54, 1.807) is 11.8 Å². The molecule has 0 atom stereocenters. The Bertz CT molecular complexity index is 284. The Hall–Kier alpha value is -0.510. The summed E-state index contributed by atoms with van der Waals surface area (Å²) in [6.07, 6.45) is 6.65. The maximum Gasteiger partial charge on any atom is 0.208 e. The summed E-state index contributed by atoms with van der Waals surface area (Å²) in [6.45, 7) is 6.50. The van der Waals surface area contributed by atoms with Crippen molar-refractivity contribution in [2.75, 3.05) is 5.75 Å². The normalized spacial score (nSPS) is 11.2. The molecule has 0 saturated heterocycles. The van der Waals surface area contributed by atoms with Crippen molar-refractivity contribution < 1.29 is 0 Å². The van der Waals surface area contributed by atoms with Crippen molar-refractivity contribution in [1.82, 2.24) is 15.2 Å². The lowest BCUT2D eigenvalue weighted by Crippen LogP contribution is -1.89. The molecule has 0 unspecified atom stereocenters. The number of hydrogen-bond donors (Lipinski definition) is 1. The minimum Gasteiger partial charge on any atom is -0.262 e. The van der Waals surface area contributed by atoms with E-state index in [1.807, 2.05) is 0 Å². The molecule has 1 rings (SSSR count). The van der Waals surface area contributed by atoms with Gasteiger partial charge in [-0.1, -0.05) is 58.2 Å². The SMILES string of the molecule is CCCCCCCSc1n[nH]c(C(C)C)n1. The van der Waals surface area contributed by atoms with Gasteiger partial charge < -0.3 is 0 Å². The van der Waals surface area contributed by atoms with Gasteiger partial charge in [0.25, 0.3) is 0 Å². The van der Waals surface area contributed by atoms with Crippen LogP contribution in [0.25, 0.3) is 0 Å². The first-order chi connectivity index (χ1) is 7.74. The summed E-state index contributed by atoms with van der Waals surface area (Å²) in [6, 6.07) is 0. The number of nitrogens with zero attached hydrogens (tertiary/aromatic N) is 2. The monoisotopic (exact) mass is 241 g/mol. The first kappa shape index (κ1) is 13.6. The van der Waals surface area contributed by atoms with Gasteiger partial charge in [0.15, 0.2) is 0 Å². The van der Waals surface area contributed by atoms with E-state index in [9.17, 15) is 0 Å². The molecule has 0 saturated carbocycles. The van der Waals surface area contributed by atoms with Crippen LogP contribution in [0.15, 0.2) is 5.16 Å². The standard InChI is InChI=1S/C12H23N3S/c1-4-5-6-7-8-9-16-12-13-11(10(2)3)14-15-12/h10H,4-9H2,1-3H3,(H,13,14,15). The molecule has 0 aliphatic rings. The lowest BCUT2D eigenvalue weighted by Gasteiger charge is -1.98. The number of aromatic amines is 1. The van der Waals surface area contributed by atoms with E-state index >= 15 is 0 Å². The second kappa shape index (κ2) is 7.71. The molecule has 1 aromatic heterocycles. The predicted octanol–water partition coefficient (Wildman–Crippen LogP) is 3.99. The topological polar surface area (TPSA) is 41.6 Å². The summed E-state index contributed by atoms with van der Waals surface area (Å²) in [5, 5.41) is 8.08. The molecule has 3 nitrogen and oxygen atoms in total. The van der Waals surface area contributed by atoms with E-state index in [-0.39, 0.29) is 0 Å². The van der Waals surface area contributed by atoms with Crippen LogP contribution < -0.4 is 0 Å². The Kier molecular flexibility index (Phi) is 6.53. The van der Waals surface area contributed by atoms with E-state index < -0.39 is 0 Å². The molecule has 0 aliphatic carbocycles. The molecular weight excluding hydrogens is 218 g/mol. The zero-order valence-corrected chi connectivity index (χ0v) is 11.4. The molecule has 0 amide bonds. The smallest absolute Gasteiger partial charge is 0.208 e. The molecule has 0 radical (unpaired) electrons. The van der Waals surface area contributed by atoms with Gasteiger partial charge in [0.1, 0.15) is 5.82 Å². The molecule has 1 N–H and O–H groups in total. The van der Waals surface area contributed by atoms with Crippen LogP contribution >= 0.6 is 11.8 Å². The molecule has 0 fully saturated rings. The highest BCUT2D eigenvalue weighted by molar-refractivity contribution is 7.99. The third kappa shape index (κ3) is 5.01. The van der Waals surface area contributed by atoms with Gasteiger partial charge in [-0.15, -0.1) is 5.10 Å². The molecule has 4 heteroatoms. The van der Waals surface area contributed by atoms with Crippen molar-refractivity contribution >= 4 is 11.8 Å². The van der Waals surface area contributed by atoms with Gasteiger partial charge in [0.2, 0.25) is 5.16 Å². The molecule has 0 aromatic carbocycles. The van der Waals surface area contributed by atoms with Gasteiger partial charge in [-0.2, -0.15) is 0 Å². The number of aromatic nitrogens is 3. The van der Waals surface area contributed by atoms with E-state index in [2.05, 4.69) is 36.0 Å². The fourth-order valence-electron chi connectivity index (χ4n) is 1.45. The molecule has 0 spiro atoms. The lowest BCUT2D eigenvalue weighted by atomic mass is 10.2. The number of H-pyrrole nitrogens is 1. The van der Waals surface area contributed by atoms with Crippen LogP contribution in [0.5, 0.6) is 0 Å². The minimum atomic E-state index is 0.436. The van der Waals surface area contributed by atoms with Crippen molar-refractivity contribution in [1.29, 1.82) is 0 Å². The third-order valence-electron chi connectivity index (χ3n) is 2.51. The zero-order valence-electron chi connectivity index (χ0n) is 10.6. The van der Waals surface area contributed by atoms with Crippen molar-refractivity contribution in [3.63, 3.8) is 0 Å². The maximum atomic E-state index is 4.44. The van der Waals surface area contributed by atoms with E-state index in [4.69, 9.17) is 0 Å².